The van der Waals surface area contributed by atoms with E-state index in [1.54, 1.807) is 13.8 Å². The second-order valence-corrected chi connectivity index (χ2v) is 2.12. The van der Waals surface area contributed by atoms with Crippen molar-refractivity contribution < 1.29 is 30.6 Å². The van der Waals surface area contributed by atoms with Crippen LogP contribution in [0.15, 0.2) is 0 Å². The second-order valence-electron chi connectivity index (χ2n) is 1.40. The third-order valence-corrected chi connectivity index (χ3v) is 0.985. The van der Waals surface area contributed by atoms with Crippen LogP contribution in [0.2, 0.25) is 0 Å². The monoisotopic (exact) mass is 178 g/mol. The van der Waals surface area contributed by atoms with Gasteiger partial charge >= 0.3 is 8.34 Å². The van der Waals surface area contributed by atoms with Gasteiger partial charge in [-0.2, -0.15) is 4.20 Å². The molecule has 5 heteroatoms. The van der Waals surface area contributed by atoms with Crippen LogP contribution in [0.4, 0.5) is 4.20 Å². The van der Waals surface area contributed by atoms with Crippen LogP contribution in [0, 0.1) is 0 Å². The van der Waals surface area contributed by atoms with Gasteiger partial charge in [-0.3, -0.25) is 4.57 Å². The van der Waals surface area contributed by atoms with Crippen molar-refractivity contribution in [1.29, 1.82) is 0 Å². The van der Waals surface area contributed by atoms with Crippen LogP contribution in [0.5, 0.6) is 0 Å². The first-order chi connectivity index (χ1) is 3.13. The van der Waals surface area contributed by atoms with Gasteiger partial charge in [0, 0.05) is 17.4 Å². The van der Waals surface area contributed by atoms with Crippen molar-refractivity contribution in [2.75, 3.05) is 0 Å². The van der Waals surface area contributed by atoms with Crippen LogP contribution in [-0.4, -0.2) is 6.10 Å². The summed E-state index contributed by atoms with van der Waals surface area (Å²) in [6.45, 7) is 3.25. The van der Waals surface area contributed by atoms with Crippen molar-refractivity contribution in [3.8, 4) is 0 Å². The topological polar surface area (TPSA) is 26.3 Å². The zero-order valence-electron chi connectivity index (χ0n) is 4.68. The van der Waals surface area contributed by atoms with E-state index in [9.17, 15) is 8.76 Å². The van der Waals surface area contributed by atoms with Gasteiger partial charge in [-0.05, 0) is 13.8 Å². The molecule has 1 atom stereocenters. The van der Waals surface area contributed by atoms with Crippen molar-refractivity contribution in [3.63, 3.8) is 0 Å². The standard InChI is InChI=1S/C3H8FO2P.Cr/c1-3(2)6-7(4)5;/h3,7H,1-2H3;. The molecule has 2 nitrogen and oxygen atoms in total. The first kappa shape index (κ1) is 11.4. The first-order valence-corrected chi connectivity index (χ1v) is 3.18. The molecule has 0 N–H and O–H groups in total. The summed E-state index contributed by atoms with van der Waals surface area (Å²) in [6.07, 6.45) is -0.267. The van der Waals surface area contributed by atoms with E-state index in [0.29, 0.717) is 0 Å². The van der Waals surface area contributed by atoms with E-state index in [-0.39, 0.29) is 23.5 Å². The minimum atomic E-state index is -3.18. The fourth-order valence-corrected chi connectivity index (χ4v) is 0.556. The molecule has 0 aromatic heterocycles. The molecule has 0 aliphatic carbocycles. The third kappa shape index (κ3) is 9.82. The zero-order valence-corrected chi connectivity index (χ0v) is 6.96. The summed E-state index contributed by atoms with van der Waals surface area (Å²) in [5.74, 6) is 0. The molecule has 0 aromatic carbocycles. The molecule has 1 unspecified atom stereocenters. The van der Waals surface area contributed by atoms with Crippen molar-refractivity contribution in [2.45, 2.75) is 20.0 Å². The molecule has 50 valence electrons. The van der Waals surface area contributed by atoms with Gasteiger partial charge in [-0.15, -0.1) is 0 Å². The maximum Gasteiger partial charge on any atom is 0.356 e. The summed E-state index contributed by atoms with van der Waals surface area (Å²) >= 11 is 0. The van der Waals surface area contributed by atoms with Gasteiger partial charge in [-0.25, -0.2) is 0 Å². The maximum absolute atomic E-state index is 11.3. The Balaban J connectivity index is 0. The summed E-state index contributed by atoms with van der Waals surface area (Å²) in [4.78, 5) is 0. The molecular formula is C3H8CrFO2P. The van der Waals surface area contributed by atoms with Gasteiger partial charge in [-0.1, -0.05) is 0 Å². The molecular weight excluding hydrogens is 170 g/mol. The summed E-state index contributed by atoms with van der Waals surface area (Å²) in [5, 5.41) is 0. The largest absolute Gasteiger partial charge is 0.356 e. The number of halogens is 1. The van der Waals surface area contributed by atoms with Crippen LogP contribution >= 0.6 is 8.34 Å². The average molecular weight is 178 g/mol. The maximum atomic E-state index is 11.3. The van der Waals surface area contributed by atoms with Crippen LogP contribution < -0.4 is 0 Å². The normalized spacial score (nSPS) is 13.0. The molecule has 0 radical (unpaired) electrons. The second kappa shape index (κ2) is 5.78. The van der Waals surface area contributed by atoms with Crippen LogP contribution in [0.25, 0.3) is 0 Å². The van der Waals surface area contributed by atoms with Crippen LogP contribution in [0.3, 0.4) is 0 Å². The number of hydrogen-bond acceptors (Lipinski definition) is 2. The molecule has 0 aliphatic heterocycles. The first-order valence-electron chi connectivity index (χ1n) is 1.99. The van der Waals surface area contributed by atoms with Crippen molar-refractivity contribution in [2.24, 2.45) is 0 Å². The van der Waals surface area contributed by atoms with E-state index in [0.717, 1.165) is 0 Å². The molecule has 0 fully saturated rings. The van der Waals surface area contributed by atoms with Gasteiger partial charge in [0.15, 0.2) is 0 Å². The van der Waals surface area contributed by atoms with Gasteiger partial charge in [0.1, 0.15) is 0 Å². The third-order valence-electron chi connectivity index (χ3n) is 0.328. The van der Waals surface area contributed by atoms with E-state index >= 15 is 0 Å². The molecule has 0 aromatic rings. The summed E-state index contributed by atoms with van der Waals surface area (Å²) in [6, 6.07) is 0. The van der Waals surface area contributed by atoms with E-state index in [4.69, 9.17) is 0 Å². The molecule has 8 heavy (non-hydrogen) atoms. The SMILES string of the molecule is CC(C)O[PH](=O)F.[Cr]. The summed E-state index contributed by atoms with van der Waals surface area (Å²) in [5.41, 5.74) is 0. The van der Waals surface area contributed by atoms with Crippen molar-refractivity contribution in [1.82, 2.24) is 0 Å². The smallest absolute Gasteiger partial charge is 0.305 e. The van der Waals surface area contributed by atoms with Crippen LogP contribution in [0.1, 0.15) is 13.8 Å². The van der Waals surface area contributed by atoms with E-state index < -0.39 is 8.34 Å². The molecule has 0 bridgehead atoms. The Morgan fingerprint density at radius 3 is 2.00 bits per heavy atom. The van der Waals surface area contributed by atoms with Crippen molar-refractivity contribution in [3.05, 3.63) is 0 Å². The van der Waals surface area contributed by atoms with Gasteiger partial charge < -0.3 is 4.52 Å². The molecule has 0 amide bonds. The predicted octanol–water partition coefficient (Wildman–Crippen LogP) is 1.77. The molecule has 0 saturated carbocycles. The van der Waals surface area contributed by atoms with Gasteiger partial charge in [0.25, 0.3) is 0 Å². The minimum absolute atomic E-state index is 0. The fraction of sp³-hybridized carbons (Fsp3) is 1.00. The Morgan fingerprint density at radius 1 is 1.62 bits per heavy atom. The molecule has 0 heterocycles. The Labute approximate surface area is 59.5 Å². The Hall–Kier alpha value is 0.652. The van der Waals surface area contributed by atoms with E-state index in [2.05, 4.69) is 4.52 Å². The average Bonchev–Trinajstić information content (AvgIpc) is 1.27. The number of rotatable bonds is 2. The molecule has 0 spiro atoms. The van der Waals surface area contributed by atoms with Gasteiger partial charge in [0.05, 0.1) is 6.10 Å². The summed E-state index contributed by atoms with van der Waals surface area (Å²) < 4.78 is 25.0. The van der Waals surface area contributed by atoms with Crippen molar-refractivity contribution >= 4 is 8.34 Å². The molecule has 0 saturated heterocycles. The minimum Gasteiger partial charge on any atom is -0.305 e. The Morgan fingerprint density at radius 2 is 2.00 bits per heavy atom. The van der Waals surface area contributed by atoms with E-state index in [1.807, 2.05) is 0 Å². The quantitative estimate of drug-likeness (QED) is 0.602. The zero-order chi connectivity index (χ0) is 5.86. The summed E-state index contributed by atoms with van der Waals surface area (Å²) in [7, 11) is -3.18. The Kier molecular flexibility index (Phi) is 8.28. The van der Waals surface area contributed by atoms with E-state index in [1.165, 1.54) is 0 Å². The number of hydrogen-bond donors (Lipinski definition) is 0. The fourth-order valence-electron chi connectivity index (χ4n) is 0.185. The predicted molar refractivity (Wildman–Crippen MR) is 26.3 cm³/mol. The van der Waals surface area contributed by atoms with Crippen LogP contribution in [-0.2, 0) is 26.4 Å². The Bertz CT molecular complexity index is 77.7. The van der Waals surface area contributed by atoms with Gasteiger partial charge in [0.2, 0.25) is 0 Å². The molecule has 0 aliphatic rings. The molecule has 0 rings (SSSR count).